The van der Waals surface area contributed by atoms with E-state index in [9.17, 15) is 26.4 Å². The number of rotatable bonds is 8. The monoisotopic (exact) mass is 478 g/mol. The number of hydrogen-bond donors (Lipinski definition) is 2. The van der Waals surface area contributed by atoms with E-state index in [-0.39, 0.29) is 28.4 Å². The molecule has 0 aliphatic carbocycles. The van der Waals surface area contributed by atoms with Crippen molar-refractivity contribution < 1.29 is 31.1 Å². The minimum atomic E-state index is -4.56. The zero-order valence-corrected chi connectivity index (χ0v) is 18.3. The van der Waals surface area contributed by atoms with Crippen LogP contribution in [0.1, 0.15) is 21.5 Å². The lowest BCUT2D eigenvalue weighted by atomic mass is 10.1. The molecule has 0 unspecified atom stereocenters. The Labute approximate surface area is 189 Å². The van der Waals surface area contributed by atoms with Crippen LogP contribution >= 0.6 is 0 Å². The molecule has 3 rings (SSSR count). The number of carbonyl (C=O) groups is 1. The Bertz CT molecular complexity index is 1230. The number of amides is 1. The zero-order chi connectivity index (χ0) is 24.1. The van der Waals surface area contributed by atoms with Crippen LogP contribution < -0.4 is 14.8 Å². The van der Waals surface area contributed by atoms with Gasteiger partial charge in [0.05, 0.1) is 12.7 Å². The van der Waals surface area contributed by atoms with Crippen LogP contribution in [0, 0.1) is 0 Å². The van der Waals surface area contributed by atoms with Gasteiger partial charge in [-0.15, -0.1) is 0 Å². The van der Waals surface area contributed by atoms with Gasteiger partial charge in [0.1, 0.15) is 10.6 Å². The SMILES string of the molecule is COc1ccc(C(=O)Nc2cccc(C(F)(F)F)c2)cc1S(=O)(=O)NCCc1ccccc1. The van der Waals surface area contributed by atoms with Crippen LogP contribution in [0.4, 0.5) is 18.9 Å². The summed E-state index contributed by atoms with van der Waals surface area (Å²) in [6.45, 7) is 0.121. The molecule has 3 aromatic rings. The lowest BCUT2D eigenvalue weighted by Crippen LogP contribution is -2.27. The van der Waals surface area contributed by atoms with Gasteiger partial charge < -0.3 is 10.1 Å². The number of halogens is 3. The Hall–Kier alpha value is -3.37. The largest absolute Gasteiger partial charge is 0.495 e. The van der Waals surface area contributed by atoms with E-state index < -0.39 is 27.7 Å². The van der Waals surface area contributed by atoms with Gasteiger partial charge in [0.25, 0.3) is 5.91 Å². The average Bonchev–Trinajstić information content (AvgIpc) is 2.79. The van der Waals surface area contributed by atoms with Crippen molar-refractivity contribution >= 4 is 21.6 Å². The van der Waals surface area contributed by atoms with E-state index in [2.05, 4.69) is 10.0 Å². The predicted octanol–water partition coefficient (Wildman–Crippen LogP) is 4.49. The first kappa shape index (κ1) is 24.3. The molecule has 174 valence electrons. The van der Waals surface area contributed by atoms with Crippen molar-refractivity contribution in [1.82, 2.24) is 4.72 Å². The van der Waals surface area contributed by atoms with Crippen LogP contribution in [-0.4, -0.2) is 28.0 Å². The molecule has 0 aliphatic heterocycles. The molecule has 0 aromatic heterocycles. The van der Waals surface area contributed by atoms with E-state index in [4.69, 9.17) is 4.74 Å². The molecule has 0 spiro atoms. The molecule has 10 heteroatoms. The Morgan fingerprint density at radius 2 is 1.70 bits per heavy atom. The number of ether oxygens (including phenoxy) is 1. The van der Waals surface area contributed by atoms with E-state index >= 15 is 0 Å². The summed E-state index contributed by atoms with van der Waals surface area (Å²) in [5.74, 6) is -0.740. The van der Waals surface area contributed by atoms with Gasteiger partial charge in [0.2, 0.25) is 10.0 Å². The highest BCUT2D eigenvalue weighted by Gasteiger charge is 2.30. The van der Waals surface area contributed by atoms with E-state index in [0.29, 0.717) is 6.42 Å². The van der Waals surface area contributed by atoms with Crippen LogP contribution in [0.15, 0.2) is 77.7 Å². The molecule has 33 heavy (non-hydrogen) atoms. The zero-order valence-electron chi connectivity index (χ0n) is 17.5. The molecular weight excluding hydrogens is 457 g/mol. The quantitative estimate of drug-likeness (QED) is 0.500. The summed E-state index contributed by atoms with van der Waals surface area (Å²) in [6.07, 6.45) is -4.11. The fourth-order valence-corrected chi connectivity index (χ4v) is 4.28. The molecule has 0 bridgehead atoms. The number of carbonyl (C=O) groups excluding carboxylic acids is 1. The van der Waals surface area contributed by atoms with Crippen molar-refractivity contribution in [3.63, 3.8) is 0 Å². The second kappa shape index (κ2) is 10.1. The van der Waals surface area contributed by atoms with Gasteiger partial charge in [-0.25, -0.2) is 13.1 Å². The summed E-state index contributed by atoms with van der Waals surface area (Å²) in [6, 6.07) is 17.2. The van der Waals surface area contributed by atoms with Gasteiger partial charge in [-0.05, 0) is 48.4 Å². The van der Waals surface area contributed by atoms with Gasteiger partial charge >= 0.3 is 6.18 Å². The molecule has 0 atom stereocenters. The topological polar surface area (TPSA) is 84.5 Å². The summed E-state index contributed by atoms with van der Waals surface area (Å²) in [7, 11) is -2.74. The van der Waals surface area contributed by atoms with Crippen molar-refractivity contribution in [2.75, 3.05) is 19.0 Å². The van der Waals surface area contributed by atoms with E-state index in [1.54, 1.807) is 0 Å². The molecular formula is C23H21F3N2O4S. The van der Waals surface area contributed by atoms with Crippen molar-refractivity contribution in [2.24, 2.45) is 0 Å². The highest BCUT2D eigenvalue weighted by Crippen LogP contribution is 2.31. The average molecular weight is 478 g/mol. The standard InChI is InChI=1S/C23H21F3N2O4S/c1-32-20-11-10-17(22(29)28-19-9-5-8-18(15-19)23(24,25)26)14-21(20)33(30,31)27-13-12-16-6-3-2-4-7-16/h2-11,14-15,27H,12-13H2,1H3,(H,28,29). The molecule has 0 radical (unpaired) electrons. The molecule has 0 saturated carbocycles. The first-order chi connectivity index (χ1) is 15.6. The second-order valence-corrected chi connectivity index (χ2v) is 8.77. The Balaban J connectivity index is 1.79. The maximum atomic E-state index is 12.9. The normalized spacial score (nSPS) is 11.8. The third-order valence-electron chi connectivity index (χ3n) is 4.71. The summed E-state index contributed by atoms with van der Waals surface area (Å²) >= 11 is 0. The number of nitrogens with one attached hydrogen (secondary N) is 2. The van der Waals surface area contributed by atoms with Gasteiger partial charge in [-0.3, -0.25) is 4.79 Å². The summed E-state index contributed by atoms with van der Waals surface area (Å²) in [5.41, 5.74) is -0.102. The minimum Gasteiger partial charge on any atom is -0.495 e. The van der Waals surface area contributed by atoms with E-state index in [1.807, 2.05) is 30.3 Å². The first-order valence-corrected chi connectivity index (χ1v) is 11.3. The number of alkyl halides is 3. The van der Waals surface area contributed by atoms with Crippen molar-refractivity contribution in [3.8, 4) is 5.75 Å². The lowest BCUT2D eigenvalue weighted by molar-refractivity contribution is -0.137. The first-order valence-electron chi connectivity index (χ1n) is 9.80. The van der Waals surface area contributed by atoms with Gasteiger partial charge in [-0.1, -0.05) is 36.4 Å². The van der Waals surface area contributed by atoms with Gasteiger partial charge in [0, 0.05) is 17.8 Å². The predicted molar refractivity (Wildman–Crippen MR) is 118 cm³/mol. The molecule has 0 fully saturated rings. The number of methoxy groups -OCH3 is 1. The van der Waals surface area contributed by atoms with Crippen LogP contribution in [0.25, 0.3) is 0 Å². The van der Waals surface area contributed by atoms with E-state index in [1.165, 1.54) is 31.4 Å². The van der Waals surface area contributed by atoms with Crippen LogP contribution in [0.2, 0.25) is 0 Å². The summed E-state index contributed by atoms with van der Waals surface area (Å²) in [5, 5.41) is 2.36. The Kier molecular flexibility index (Phi) is 7.39. The molecule has 0 saturated heterocycles. The van der Waals surface area contributed by atoms with Crippen molar-refractivity contribution in [1.29, 1.82) is 0 Å². The van der Waals surface area contributed by atoms with Crippen LogP contribution in [0.5, 0.6) is 5.75 Å². The number of anilines is 1. The van der Waals surface area contributed by atoms with E-state index in [0.717, 1.165) is 23.8 Å². The molecule has 6 nitrogen and oxygen atoms in total. The van der Waals surface area contributed by atoms with Crippen LogP contribution in [0.3, 0.4) is 0 Å². The number of benzene rings is 3. The third kappa shape index (κ3) is 6.33. The minimum absolute atomic E-state index is 0.0258. The smallest absolute Gasteiger partial charge is 0.416 e. The molecule has 0 heterocycles. The van der Waals surface area contributed by atoms with Crippen molar-refractivity contribution in [3.05, 3.63) is 89.5 Å². The van der Waals surface area contributed by atoms with Crippen molar-refractivity contribution in [2.45, 2.75) is 17.5 Å². The molecule has 2 N–H and O–H groups in total. The maximum Gasteiger partial charge on any atom is 0.416 e. The highest BCUT2D eigenvalue weighted by molar-refractivity contribution is 7.89. The Morgan fingerprint density at radius 3 is 2.36 bits per heavy atom. The number of hydrogen-bond acceptors (Lipinski definition) is 4. The fourth-order valence-electron chi connectivity index (χ4n) is 3.06. The van der Waals surface area contributed by atoms with Gasteiger partial charge in [-0.2, -0.15) is 13.2 Å². The van der Waals surface area contributed by atoms with Gasteiger partial charge in [0.15, 0.2) is 0 Å². The second-order valence-electron chi connectivity index (χ2n) is 7.03. The Morgan fingerprint density at radius 1 is 0.970 bits per heavy atom. The molecule has 3 aromatic carbocycles. The summed E-state index contributed by atoms with van der Waals surface area (Å²) < 4.78 is 72.0. The maximum absolute atomic E-state index is 12.9. The lowest BCUT2D eigenvalue weighted by Gasteiger charge is -2.13. The highest BCUT2D eigenvalue weighted by atomic mass is 32.2. The fraction of sp³-hybridized carbons (Fsp3) is 0.174. The summed E-state index contributed by atoms with van der Waals surface area (Å²) in [4.78, 5) is 12.3. The molecule has 1 amide bonds. The molecule has 0 aliphatic rings. The third-order valence-corrected chi connectivity index (χ3v) is 6.19. The number of sulfonamides is 1. The van der Waals surface area contributed by atoms with Crippen LogP contribution in [-0.2, 0) is 22.6 Å².